The van der Waals surface area contributed by atoms with Crippen molar-refractivity contribution < 1.29 is 9.53 Å². The van der Waals surface area contributed by atoms with Crippen LogP contribution in [0.5, 0.6) is 0 Å². The van der Waals surface area contributed by atoms with Gasteiger partial charge in [-0.25, -0.2) is 4.98 Å². The molecule has 1 amide bonds. The van der Waals surface area contributed by atoms with Gasteiger partial charge in [-0.3, -0.25) is 4.79 Å². The van der Waals surface area contributed by atoms with Gasteiger partial charge in [0.1, 0.15) is 5.69 Å². The molecule has 1 aromatic heterocycles. The highest BCUT2D eigenvalue weighted by Gasteiger charge is 2.17. The Kier molecular flexibility index (Phi) is 5.43. The molecule has 0 atom stereocenters. The Morgan fingerprint density at radius 3 is 2.54 bits per heavy atom. The number of morpholine rings is 1. The van der Waals surface area contributed by atoms with Gasteiger partial charge in [0.2, 0.25) is 0 Å². The topological polar surface area (TPSA) is 45.7 Å². The van der Waals surface area contributed by atoms with Crippen molar-refractivity contribution in [3.63, 3.8) is 0 Å². The maximum Gasteiger partial charge on any atom is 0.272 e. The van der Waals surface area contributed by atoms with Gasteiger partial charge in [-0.1, -0.05) is 30.3 Å². The minimum absolute atomic E-state index is 0.0325. The fraction of sp³-hybridized carbons (Fsp3) is 0.368. The van der Waals surface area contributed by atoms with Gasteiger partial charge in [-0.15, -0.1) is 0 Å². The molecule has 126 valence electrons. The monoisotopic (exact) mass is 325 g/mol. The molecule has 2 heterocycles. The number of hydrogen-bond acceptors (Lipinski definition) is 4. The fourth-order valence-corrected chi connectivity index (χ4v) is 2.81. The molecule has 0 bridgehead atoms. The van der Waals surface area contributed by atoms with E-state index in [1.807, 2.05) is 54.3 Å². The number of rotatable bonds is 5. The van der Waals surface area contributed by atoms with E-state index in [0.29, 0.717) is 18.8 Å². The van der Waals surface area contributed by atoms with Gasteiger partial charge >= 0.3 is 0 Å². The normalized spacial score (nSPS) is 14.5. The minimum Gasteiger partial charge on any atom is -0.378 e. The molecule has 5 heteroatoms. The van der Waals surface area contributed by atoms with E-state index in [2.05, 4.69) is 9.88 Å². The number of carbonyl (C=O) groups excluding carboxylic acids is 1. The average molecular weight is 325 g/mol. The maximum atomic E-state index is 12.7. The lowest BCUT2D eigenvalue weighted by atomic mass is 10.2. The predicted octanol–water partition coefficient (Wildman–Crippen LogP) is 2.58. The number of aromatic nitrogens is 1. The first-order chi connectivity index (χ1) is 11.8. The molecule has 5 nitrogen and oxygen atoms in total. The van der Waals surface area contributed by atoms with E-state index in [0.717, 1.165) is 37.6 Å². The summed E-state index contributed by atoms with van der Waals surface area (Å²) in [4.78, 5) is 21.1. The molecule has 0 unspecified atom stereocenters. The summed E-state index contributed by atoms with van der Waals surface area (Å²) in [6.07, 6.45) is 1.79. The van der Waals surface area contributed by atoms with Crippen LogP contribution in [0.15, 0.2) is 48.7 Å². The van der Waals surface area contributed by atoms with Gasteiger partial charge in [0, 0.05) is 26.2 Å². The first-order valence-electron chi connectivity index (χ1n) is 8.40. The molecule has 0 radical (unpaired) electrons. The molecule has 0 saturated carbocycles. The second-order valence-corrected chi connectivity index (χ2v) is 5.81. The number of carbonyl (C=O) groups is 1. The quantitative estimate of drug-likeness (QED) is 0.848. The molecule has 1 aromatic carbocycles. The third-order valence-corrected chi connectivity index (χ3v) is 4.23. The summed E-state index contributed by atoms with van der Waals surface area (Å²) in [6, 6.07) is 13.8. The molecule has 1 fully saturated rings. The molecule has 1 aliphatic heterocycles. The zero-order valence-corrected chi connectivity index (χ0v) is 14.0. The maximum absolute atomic E-state index is 12.7. The Morgan fingerprint density at radius 1 is 1.17 bits per heavy atom. The van der Waals surface area contributed by atoms with Gasteiger partial charge in [-0.05, 0) is 24.6 Å². The first kappa shape index (κ1) is 16.5. The van der Waals surface area contributed by atoms with Crippen molar-refractivity contribution in [2.45, 2.75) is 13.5 Å². The standard InChI is InChI=1S/C19H23N3O2/c1-2-21(15-16-6-4-3-5-7-16)19(23)18-9-8-17(14-20-18)22-10-12-24-13-11-22/h3-9,14H,2,10-13,15H2,1H3. The summed E-state index contributed by atoms with van der Waals surface area (Å²) in [5.41, 5.74) is 2.66. The minimum atomic E-state index is -0.0325. The molecule has 3 rings (SSSR count). The lowest BCUT2D eigenvalue weighted by Gasteiger charge is -2.28. The van der Waals surface area contributed by atoms with Crippen molar-refractivity contribution in [1.82, 2.24) is 9.88 Å². The summed E-state index contributed by atoms with van der Waals surface area (Å²) >= 11 is 0. The second-order valence-electron chi connectivity index (χ2n) is 5.81. The number of amides is 1. The van der Waals surface area contributed by atoms with Crippen molar-refractivity contribution in [1.29, 1.82) is 0 Å². The lowest BCUT2D eigenvalue weighted by molar-refractivity contribution is 0.0746. The molecule has 1 saturated heterocycles. The van der Waals surface area contributed by atoms with E-state index >= 15 is 0 Å². The number of pyridine rings is 1. The summed E-state index contributed by atoms with van der Waals surface area (Å²) in [5, 5.41) is 0. The predicted molar refractivity (Wildman–Crippen MR) is 94.1 cm³/mol. The van der Waals surface area contributed by atoms with Crippen LogP contribution in [0.3, 0.4) is 0 Å². The molecular weight excluding hydrogens is 302 g/mol. The lowest BCUT2D eigenvalue weighted by Crippen LogP contribution is -2.36. The van der Waals surface area contributed by atoms with Crippen molar-refractivity contribution in [3.8, 4) is 0 Å². The van der Waals surface area contributed by atoms with Gasteiger partial charge in [0.15, 0.2) is 0 Å². The van der Waals surface area contributed by atoms with Gasteiger partial charge in [0.05, 0.1) is 25.1 Å². The van der Waals surface area contributed by atoms with Crippen LogP contribution in [0, 0.1) is 0 Å². The molecular formula is C19H23N3O2. The molecule has 1 aliphatic rings. The van der Waals surface area contributed by atoms with Gasteiger partial charge in [-0.2, -0.15) is 0 Å². The summed E-state index contributed by atoms with van der Waals surface area (Å²) in [5.74, 6) is -0.0325. The Hall–Kier alpha value is -2.40. The largest absolute Gasteiger partial charge is 0.378 e. The van der Waals surface area contributed by atoms with Crippen molar-refractivity contribution in [2.24, 2.45) is 0 Å². The van der Waals surface area contributed by atoms with E-state index in [-0.39, 0.29) is 5.91 Å². The summed E-state index contributed by atoms with van der Waals surface area (Å²) in [7, 11) is 0. The Morgan fingerprint density at radius 2 is 1.92 bits per heavy atom. The Bertz CT molecular complexity index is 652. The number of hydrogen-bond donors (Lipinski definition) is 0. The van der Waals surface area contributed by atoms with Crippen molar-refractivity contribution >= 4 is 11.6 Å². The molecule has 2 aromatic rings. The van der Waals surface area contributed by atoms with Crippen LogP contribution in [0.2, 0.25) is 0 Å². The fourth-order valence-electron chi connectivity index (χ4n) is 2.81. The zero-order chi connectivity index (χ0) is 16.8. The van der Waals surface area contributed by atoms with Crippen LogP contribution >= 0.6 is 0 Å². The first-order valence-corrected chi connectivity index (χ1v) is 8.40. The Balaban J connectivity index is 1.68. The van der Waals surface area contributed by atoms with E-state index in [1.54, 1.807) is 6.20 Å². The third kappa shape index (κ3) is 3.92. The summed E-state index contributed by atoms with van der Waals surface area (Å²) < 4.78 is 5.36. The van der Waals surface area contributed by atoms with Gasteiger partial charge in [0.25, 0.3) is 5.91 Å². The molecule has 0 N–H and O–H groups in total. The molecule has 0 aliphatic carbocycles. The smallest absolute Gasteiger partial charge is 0.272 e. The van der Waals surface area contributed by atoms with E-state index in [4.69, 9.17) is 4.74 Å². The zero-order valence-electron chi connectivity index (χ0n) is 14.0. The number of ether oxygens (including phenoxy) is 1. The number of nitrogens with zero attached hydrogens (tertiary/aromatic N) is 3. The Labute approximate surface area is 142 Å². The highest BCUT2D eigenvalue weighted by Crippen LogP contribution is 2.16. The molecule has 0 spiro atoms. The van der Waals surface area contributed by atoms with E-state index < -0.39 is 0 Å². The number of anilines is 1. The highest BCUT2D eigenvalue weighted by atomic mass is 16.5. The van der Waals surface area contributed by atoms with Crippen molar-refractivity contribution in [3.05, 3.63) is 59.9 Å². The van der Waals surface area contributed by atoms with Crippen LogP contribution in [0.4, 0.5) is 5.69 Å². The SMILES string of the molecule is CCN(Cc1ccccc1)C(=O)c1ccc(N2CCOCC2)cn1. The molecule has 24 heavy (non-hydrogen) atoms. The van der Waals surface area contributed by atoms with Crippen molar-refractivity contribution in [2.75, 3.05) is 37.7 Å². The highest BCUT2D eigenvalue weighted by molar-refractivity contribution is 5.92. The van der Waals surface area contributed by atoms with E-state index in [9.17, 15) is 4.79 Å². The third-order valence-electron chi connectivity index (χ3n) is 4.23. The van der Waals surface area contributed by atoms with Crippen LogP contribution in [0.1, 0.15) is 23.0 Å². The van der Waals surface area contributed by atoms with E-state index in [1.165, 1.54) is 0 Å². The van der Waals surface area contributed by atoms with Crippen LogP contribution < -0.4 is 4.90 Å². The van der Waals surface area contributed by atoms with Gasteiger partial charge < -0.3 is 14.5 Å². The number of benzene rings is 1. The second kappa shape index (κ2) is 7.93. The summed E-state index contributed by atoms with van der Waals surface area (Å²) in [6.45, 7) is 6.45. The van der Waals surface area contributed by atoms with Crippen LogP contribution in [0.25, 0.3) is 0 Å². The van der Waals surface area contributed by atoms with Crippen LogP contribution in [-0.2, 0) is 11.3 Å². The van der Waals surface area contributed by atoms with Crippen LogP contribution in [-0.4, -0.2) is 48.6 Å². The average Bonchev–Trinajstić information content (AvgIpc) is 2.67.